The first-order valence-corrected chi connectivity index (χ1v) is 12.2. The Hall–Kier alpha value is -1.04. The molecule has 4 nitrogen and oxygen atoms in total. The van der Waals surface area contributed by atoms with Gasteiger partial charge in [-0.15, -0.1) is 0 Å². The predicted octanol–water partition coefficient (Wildman–Crippen LogP) is 4.36. The fraction of sp³-hybridized carbons (Fsp3) is 0.571. The molecule has 1 aromatic carbocycles. The summed E-state index contributed by atoms with van der Waals surface area (Å²) < 4.78 is 24.3. The van der Waals surface area contributed by atoms with Gasteiger partial charge in [0.05, 0.1) is 17.4 Å². The van der Waals surface area contributed by atoms with E-state index in [-0.39, 0.29) is 45.2 Å². The number of hydrogen-bond acceptors (Lipinski definition) is 3. The van der Waals surface area contributed by atoms with Gasteiger partial charge in [-0.25, -0.2) is 8.42 Å². The number of benzene rings is 1. The Morgan fingerprint density at radius 3 is 2.32 bits per heavy atom. The number of nitrogens with zero attached hydrogens (tertiary/aromatic N) is 1. The number of allylic oxidation sites excluding steroid dienone is 1. The lowest BCUT2D eigenvalue weighted by Gasteiger charge is -2.29. The SMILES string of the molecule is CCc1ccc(CN(C(=O)C2C(C=C(Cl)Cl)C2(C)C)C2CCS(=O)(=O)C2)cc1. The van der Waals surface area contributed by atoms with Gasteiger partial charge in [-0.3, -0.25) is 4.79 Å². The number of rotatable bonds is 6. The van der Waals surface area contributed by atoms with Crippen LogP contribution in [0.2, 0.25) is 0 Å². The molecule has 1 aromatic rings. The van der Waals surface area contributed by atoms with Crippen molar-refractivity contribution in [3.8, 4) is 0 Å². The van der Waals surface area contributed by atoms with Crippen molar-refractivity contribution in [2.75, 3.05) is 11.5 Å². The predicted molar refractivity (Wildman–Crippen MR) is 114 cm³/mol. The first-order valence-electron chi connectivity index (χ1n) is 9.66. The van der Waals surface area contributed by atoms with Crippen LogP contribution in [0.4, 0.5) is 0 Å². The topological polar surface area (TPSA) is 54.5 Å². The van der Waals surface area contributed by atoms with Gasteiger partial charge in [-0.05, 0) is 41.4 Å². The van der Waals surface area contributed by atoms with E-state index in [1.165, 1.54) is 5.56 Å². The normalized spacial score (nSPS) is 27.2. The van der Waals surface area contributed by atoms with E-state index >= 15 is 0 Å². The van der Waals surface area contributed by atoms with Crippen LogP contribution in [-0.2, 0) is 27.6 Å². The molecule has 1 amide bonds. The smallest absolute Gasteiger partial charge is 0.227 e. The summed E-state index contributed by atoms with van der Waals surface area (Å²) in [7, 11) is -3.09. The Bertz CT molecular complexity index is 873. The Kier molecular flexibility index (Phi) is 6.19. The van der Waals surface area contributed by atoms with Gasteiger partial charge in [0.25, 0.3) is 0 Å². The highest BCUT2D eigenvalue weighted by Gasteiger charge is 2.62. The molecule has 2 fully saturated rings. The summed E-state index contributed by atoms with van der Waals surface area (Å²) in [6, 6.07) is 7.88. The molecule has 1 saturated heterocycles. The second-order valence-corrected chi connectivity index (χ2v) is 11.7. The Balaban J connectivity index is 1.86. The van der Waals surface area contributed by atoms with Crippen LogP contribution >= 0.6 is 23.2 Å². The second kappa shape index (κ2) is 8.00. The number of carbonyl (C=O) groups excluding carboxylic acids is 1. The second-order valence-electron chi connectivity index (χ2n) is 8.47. The number of hydrogen-bond donors (Lipinski definition) is 0. The summed E-state index contributed by atoms with van der Waals surface area (Å²) >= 11 is 11.7. The summed E-state index contributed by atoms with van der Waals surface area (Å²) in [6.07, 6.45) is 3.17. The molecule has 1 saturated carbocycles. The maximum Gasteiger partial charge on any atom is 0.227 e. The van der Waals surface area contributed by atoms with Gasteiger partial charge in [0.15, 0.2) is 9.84 Å². The molecule has 28 heavy (non-hydrogen) atoms. The average Bonchev–Trinajstić information content (AvgIpc) is 2.95. The van der Waals surface area contributed by atoms with Crippen molar-refractivity contribution < 1.29 is 13.2 Å². The number of carbonyl (C=O) groups is 1. The molecular formula is C21H27Cl2NO3S. The zero-order valence-electron chi connectivity index (χ0n) is 16.5. The Morgan fingerprint density at radius 1 is 1.21 bits per heavy atom. The zero-order valence-corrected chi connectivity index (χ0v) is 18.8. The van der Waals surface area contributed by atoms with Crippen molar-refractivity contribution in [3.63, 3.8) is 0 Å². The fourth-order valence-electron chi connectivity index (χ4n) is 4.26. The standard InChI is InChI=1S/C21H27Cl2NO3S/c1-4-14-5-7-15(8-6-14)12-24(16-9-10-28(26,27)13-16)20(25)19-17(11-18(22)23)21(19,2)3/h5-8,11,16-17,19H,4,9-10,12-13H2,1-3H3. The molecule has 3 rings (SSSR count). The van der Waals surface area contributed by atoms with Crippen molar-refractivity contribution >= 4 is 38.9 Å². The lowest BCUT2D eigenvalue weighted by Crippen LogP contribution is -2.42. The molecule has 0 radical (unpaired) electrons. The van der Waals surface area contributed by atoms with Gasteiger partial charge in [0.2, 0.25) is 5.91 Å². The number of halogens is 2. The number of sulfone groups is 1. The molecule has 0 aromatic heterocycles. The lowest BCUT2D eigenvalue weighted by molar-refractivity contribution is -0.136. The van der Waals surface area contributed by atoms with E-state index in [4.69, 9.17) is 23.2 Å². The van der Waals surface area contributed by atoms with Crippen LogP contribution in [0, 0.1) is 17.3 Å². The third kappa shape index (κ3) is 4.58. The first-order chi connectivity index (χ1) is 13.0. The monoisotopic (exact) mass is 443 g/mol. The molecule has 3 atom stereocenters. The molecule has 0 bridgehead atoms. The maximum atomic E-state index is 13.5. The van der Waals surface area contributed by atoms with E-state index in [9.17, 15) is 13.2 Å². The Labute approximate surface area is 177 Å². The molecule has 3 unspecified atom stereocenters. The summed E-state index contributed by atoms with van der Waals surface area (Å²) in [5.41, 5.74) is 2.00. The summed E-state index contributed by atoms with van der Waals surface area (Å²) in [5.74, 6) is -0.106. The molecule has 154 valence electrons. The third-order valence-corrected chi connectivity index (χ3v) is 8.20. The molecule has 2 aliphatic rings. The molecule has 0 N–H and O–H groups in total. The summed E-state index contributed by atoms with van der Waals surface area (Å²) in [6.45, 7) is 6.56. The van der Waals surface area contributed by atoms with E-state index in [0.29, 0.717) is 13.0 Å². The van der Waals surface area contributed by atoms with E-state index in [1.807, 2.05) is 26.0 Å². The molecule has 1 aliphatic carbocycles. The van der Waals surface area contributed by atoms with E-state index < -0.39 is 9.84 Å². The van der Waals surface area contributed by atoms with Crippen molar-refractivity contribution in [3.05, 3.63) is 46.0 Å². The van der Waals surface area contributed by atoms with E-state index in [1.54, 1.807) is 11.0 Å². The van der Waals surface area contributed by atoms with Crippen molar-refractivity contribution in [1.82, 2.24) is 4.90 Å². The number of amides is 1. The van der Waals surface area contributed by atoms with Gasteiger partial charge in [-0.2, -0.15) is 0 Å². The van der Waals surface area contributed by atoms with Gasteiger partial charge >= 0.3 is 0 Å². The van der Waals surface area contributed by atoms with E-state index in [0.717, 1.165) is 12.0 Å². The van der Waals surface area contributed by atoms with Crippen LogP contribution in [-0.4, -0.2) is 36.8 Å². The average molecular weight is 444 g/mol. The highest BCUT2D eigenvalue weighted by Crippen LogP contribution is 2.60. The molecule has 0 spiro atoms. The van der Waals surface area contributed by atoms with Gasteiger partial charge in [0.1, 0.15) is 4.49 Å². The zero-order chi connectivity index (χ0) is 20.7. The minimum atomic E-state index is -3.09. The van der Waals surface area contributed by atoms with Crippen LogP contribution in [0.1, 0.15) is 38.3 Å². The first kappa shape index (κ1) is 21.7. The number of aryl methyl sites for hydroxylation is 1. The fourth-order valence-corrected chi connectivity index (χ4v) is 6.26. The van der Waals surface area contributed by atoms with Crippen LogP contribution in [0.5, 0.6) is 0 Å². The quantitative estimate of drug-likeness (QED) is 0.656. The highest BCUT2D eigenvalue weighted by molar-refractivity contribution is 7.91. The lowest BCUT2D eigenvalue weighted by atomic mass is 10.1. The van der Waals surface area contributed by atoms with Crippen LogP contribution in [0.3, 0.4) is 0 Å². The molecule has 1 aliphatic heterocycles. The van der Waals surface area contributed by atoms with Crippen molar-refractivity contribution in [2.24, 2.45) is 17.3 Å². The summed E-state index contributed by atoms with van der Waals surface area (Å²) in [4.78, 5) is 15.2. The van der Waals surface area contributed by atoms with Crippen LogP contribution < -0.4 is 0 Å². The van der Waals surface area contributed by atoms with Gasteiger partial charge < -0.3 is 4.90 Å². The minimum Gasteiger partial charge on any atom is -0.334 e. The minimum absolute atomic E-state index is 0.0116. The molecular weight excluding hydrogens is 417 g/mol. The van der Waals surface area contributed by atoms with Crippen molar-refractivity contribution in [2.45, 2.75) is 46.2 Å². The van der Waals surface area contributed by atoms with Crippen LogP contribution in [0.15, 0.2) is 34.8 Å². The van der Waals surface area contributed by atoms with Gasteiger partial charge in [-0.1, -0.05) is 68.2 Å². The summed E-state index contributed by atoms with van der Waals surface area (Å²) in [5, 5.41) is 0. The highest BCUT2D eigenvalue weighted by atomic mass is 35.5. The van der Waals surface area contributed by atoms with Gasteiger partial charge in [0, 0.05) is 12.6 Å². The largest absolute Gasteiger partial charge is 0.334 e. The maximum absolute atomic E-state index is 13.5. The Morgan fingerprint density at radius 2 is 1.82 bits per heavy atom. The van der Waals surface area contributed by atoms with E-state index in [2.05, 4.69) is 19.1 Å². The van der Waals surface area contributed by atoms with Crippen LogP contribution in [0.25, 0.3) is 0 Å². The van der Waals surface area contributed by atoms with Crippen molar-refractivity contribution in [1.29, 1.82) is 0 Å². The third-order valence-electron chi connectivity index (χ3n) is 6.20. The molecule has 7 heteroatoms. The molecule has 1 heterocycles.